The van der Waals surface area contributed by atoms with E-state index in [9.17, 15) is 4.79 Å². The molecule has 0 spiro atoms. The zero-order chi connectivity index (χ0) is 17.1. The number of amides is 1. The van der Waals surface area contributed by atoms with Gasteiger partial charge in [0.15, 0.2) is 6.10 Å². The van der Waals surface area contributed by atoms with E-state index in [0.717, 1.165) is 28.6 Å². The second-order valence-electron chi connectivity index (χ2n) is 5.88. The summed E-state index contributed by atoms with van der Waals surface area (Å²) in [5.74, 6) is 1.29. The maximum Gasteiger partial charge on any atom is 0.263 e. The lowest BCUT2D eigenvalue weighted by atomic mass is 10.1. The minimum Gasteiger partial charge on any atom is -0.497 e. The van der Waals surface area contributed by atoms with Crippen LogP contribution < -0.4 is 9.47 Å². The lowest BCUT2D eigenvalue weighted by Gasteiger charge is -2.21. The van der Waals surface area contributed by atoms with Crippen LogP contribution in [0.15, 0.2) is 24.3 Å². The van der Waals surface area contributed by atoms with Crippen LogP contribution >= 0.6 is 0 Å². The van der Waals surface area contributed by atoms with Crippen molar-refractivity contribution in [1.29, 1.82) is 0 Å². The van der Waals surface area contributed by atoms with Crippen molar-refractivity contribution >= 4 is 16.8 Å². The molecular weight excluding hydrogens is 308 g/mol. The van der Waals surface area contributed by atoms with Gasteiger partial charge in [-0.25, -0.2) is 4.98 Å². The van der Waals surface area contributed by atoms with Gasteiger partial charge in [0.2, 0.25) is 5.88 Å². The van der Waals surface area contributed by atoms with Gasteiger partial charge in [-0.15, -0.1) is 0 Å². The molecule has 1 aliphatic rings. The van der Waals surface area contributed by atoms with Gasteiger partial charge in [-0.1, -0.05) is 0 Å². The second kappa shape index (κ2) is 7.05. The van der Waals surface area contributed by atoms with E-state index in [1.807, 2.05) is 29.2 Å². The first kappa shape index (κ1) is 16.5. The smallest absolute Gasteiger partial charge is 0.263 e. The Kier molecular flexibility index (Phi) is 4.85. The van der Waals surface area contributed by atoms with Gasteiger partial charge < -0.3 is 19.1 Å². The molecule has 1 aliphatic heterocycles. The number of rotatable bonds is 5. The number of nitrogens with zero attached hydrogens (tertiary/aromatic N) is 2. The molecule has 3 rings (SSSR count). The van der Waals surface area contributed by atoms with E-state index in [-0.39, 0.29) is 5.91 Å². The number of pyridine rings is 1. The quantitative estimate of drug-likeness (QED) is 0.788. The molecule has 2 heterocycles. The highest BCUT2D eigenvalue weighted by molar-refractivity contribution is 5.84. The third-order valence-electron chi connectivity index (χ3n) is 4.15. The highest BCUT2D eigenvalue weighted by Gasteiger charge is 2.28. The topological polar surface area (TPSA) is 60.9 Å². The molecule has 1 amide bonds. The summed E-state index contributed by atoms with van der Waals surface area (Å²) in [5.41, 5.74) is 1.73. The van der Waals surface area contributed by atoms with Gasteiger partial charge in [-0.05, 0) is 37.6 Å². The first-order valence-corrected chi connectivity index (χ1v) is 8.04. The third-order valence-corrected chi connectivity index (χ3v) is 4.15. The Labute approximate surface area is 141 Å². The van der Waals surface area contributed by atoms with Crippen molar-refractivity contribution in [2.45, 2.75) is 26.0 Å². The number of aromatic nitrogens is 1. The Bertz CT molecular complexity index is 747. The molecule has 0 bridgehead atoms. The summed E-state index contributed by atoms with van der Waals surface area (Å²) in [6.07, 6.45) is 0.246. The summed E-state index contributed by atoms with van der Waals surface area (Å²) in [5, 5.41) is 0.968. The normalized spacial score (nSPS) is 17.4. The van der Waals surface area contributed by atoms with Gasteiger partial charge in [0.1, 0.15) is 5.75 Å². The molecule has 0 saturated carbocycles. The van der Waals surface area contributed by atoms with Crippen LogP contribution in [-0.2, 0) is 16.1 Å². The van der Waals surface area contributed by atoms with Crippen molar-refractivity contribution in [1.82, 2.24) is 9.88 Å². The maximum atomic E-state index is 12.5. The average molecular weight is 330 g/mol. The summed E-state index contributed by atoms with van der Waals surface area (Å²) in [7, 11) is 3.30. The number of methoxy groups -OCH3 is 2. The lowest BCUT2D eigenvalue weighted by Crippen LogP contribution is -2.38. The molecular formula is C18H22N2O4. The number of hydrogen-bond acceptors (Lipinski definition) is 5. The highest BCUT2D eigenvalue weighted by atomic mass is 16.5. The van der Waals surface area contributed by atoms with E-state index >= 15 is 0 Å². The molecule has 0 fully saturated rings. The van der Waals surface area contributed by atoms with Gasteiger partial charge in [0, 0.05) is 31.2 Å². The van der Waals surface area contributed by atoms with Crippen molar-refractivity contribution in [2.24, 2.45) is 0 Å². The van der Waals surface area contributed by atoms with E-state index in [4.69, 9.17) is 14.2 Å². The Morgan fingerprint density at radius 2 is 2.17 bits per heavy atom. The number of fused-ring (bicyclic) bond motifs is 2. The van der Waals surface area contributed by atoms with E-state index in [2.05, 4.69) is 4.98 Å². The van der Waals surface area contributed by atoms with Crippen LogP contribution in [-0.4, -0.2) is 49.3 Å². The third kappa shape index (κ3) is 3.28. The van der Waals surface area contributed by atoms with Gasteiger partial charge in [-0.2, -0.15) is 0 Å². The molecule has 1 unspecified atom stereocenters. The second-order valence-corrected chi connectivity index (χ2v) is 5.88. The van der Waals surface area contributed by atoms with Crippen LogP contribution in [0.3, 0.4) is 0 Å². The van der Waals surface area contributed by atoms with Crippen LogP contribution in [0, 0.1) is 0 Å². The molecule has 2 aromatic rings. The minimum absolute atomic E-state index is 0.0225. The van der Waals surface area contributed by atoms with Gasteiger partial charge in [0.05, 0.1) is 19.2 Å². The number of carbonyl (C=O) groups is 1. The molecule has 24 heavy (non-hydrogen) atoms. The standard InChI is InChI=1S/C18H22N2O4/c1-12-18(21)20(7-4-8-22-2)11-14-9-13-10-15(23-3)5-6-16(13)19-17(14)24-12/h5-6,9-10,12H,4,7-8,11H2,1-3H3. The summed E-state index contributed by atoms with van der Waals surface area (Å²) >= 11 is 0. The van der Waals surface area contributed by atoms with Gasteiger partial charge in [0.25, 0.3) is 5.91 Å². The number of benzene rings is 1. The minimum atomic E-state index is -0.544. The lowest BCUT2D eigenvalue weighted by molar-refractivity contribution is -0.137. The van der Waals surface area contributed by atoms with E-state index < -0.39 is 6.10 Å². The van der Waals surface area contributed by atoms with Gasteiger partial charge >= 0.3 is 0 Å². The molecule has 6 heteroatoms. The van der Waals surface area contributed by atoms with Crippen LogP contribution in [0.1, 0.15) is 18.9 Å². The molecule has 0 aliphatic carbocycles. The molecule has 0 saturated heterocycles. The zero-order valence-corrected chi connectivity index (χ0v) is 14.2. The number of carbonyl (C=O) groups excluding carboxylic acids is 1. The zero-order valence-electron chi connectivity index (χ0n) is 14.2. The van der Waals surface area contributed by atoms with Crippen LogP contribution in [0.2, 0.25) is 0 Å². The number of ether oxygens (including phenoxy) is 3. The van der Waals surface area contributed by atoms with Crippen molar-refractivity contribution < 1.29 is 19.0 Å². The van der Waals surface area contributed by atoms with Crippen LogP contribution in [0.25, 0.3) is 10.9 Å². The Balaban J connectivity index is 1.95. The highest BCUT2D eigenvalue weighted by Crippen LogP contribution is 2.29. The molecule has 1 aromatic carbocycles. The maximum absolute atomic E-state index is 12.5. The first-order valence-electron chi connectivity index (χ1n) is 8.04. The first-order chi connectivity index (χ1) is 11.6. The molecule has 6 nitrogen and oxygen atoms in total. The van der Waals surface area contributed by atoms with Crippen molar-refractivity contribution in [3.8, 4) is 11.6 Å². The summed E-state index contributed by atoms with van der Waals surface area (Å²) in [4.78, 5) is 18.9. The van der Waals surface area contributed by atoms with Crippen molar-refractivity contribution in [2.75, 3.05) is 27.4 Å². The average Bonchev–Trinajstić information content (AvgIpc) is 2.70. The predicted molar refractivity (Wildman–Crippen MR) is 90.3 cm³/mol. The van der Waals surface area contributed by atoms with Crippen LogP contribution in [0.5, 0.6) is 11.6 Å². The fraction of sp³-hybridized carbons (Fsp3) is 0.444. The summed E-state index contributed by atoms with van der Waals surface area (Å²) in [6, 6.07) is 7.72. The molecule has 0 N–H and O–H groups in total. The Hall–Kier alpha value is -2.34. The molecule has 1 aromatic heterocycles. The summed E-state index contributed by atoms with van der Waals surface area (Å²) < 4.78 is 16.2. The fourth-order valence-electron chi connectivity index (χ4n) is 2.87. The van der Waals surface area contributed by atoms with E-state index in [1.165, 1.54) is 0 Å². The van der Waals surface area contributed by atoms with Crippen molar-refractivity contribution in [3.63, 3.8) is 0 Å². The summed E-state index contributed by atoms with van der Waals surface area (Å²) in [6.45, 7) is 3.51. The monoisotopic (exact) mass is 330 g/mol. The van der Waals surface area contributed by atoms with E-state index in [1.54, 1.807) is 21.1 Å². The molecule has 128 valence electrons. The van der Waals surface area contributed by atoms with Crippen LogP contribution in [0.4, 0.5) is 0 Å². The van der Waals surface area contributed by atoms with Crippen molar-refractivity contribution in [3.05, 3.63) is 29.8 Å². The molecule has 1 atom stereocenters. The Morgan fingerprint density at radius 3 is 2.92 bits per heavy atom. The SMILES string of the molecule is COCCCN1Cc2cc3cc(OC)ccc3nc2OC(C)C1=O. The fourth-order valence-corrected chi connectivity index (χ4v) is 2.87. The van der Waals surface area contributed by atoms with Gasteiger partial charge in [-0.3, -0.25) is 4.79 Å². The molecule has 0 radical (unpaired) electrons. The predicted octanol–water partition coefficient (Wildman–Crippen LogP) is 2.39. The largest absolute Gasteiger partial charge is 0.497 e. The Morgan fingerprint density at radius 1 is 1.33 bits per heavy atom. The van der Waals surface area contributed by atoms with E-state index in [0.29, 0.717) is 25.6 Å². The number of hydrogen-bond donors (Lipinski definition) is 0.